The fourth-order valence-electron chi connectivity index (χ4n) is 2.53. The van der Waals surface area contributed by atoms with E-state index in [4.69, 9.17) is 11.6 Å². The Morgan fingerprint density at radius 3 is 2.52 bits per heavy atom. The molecule has 0 saturated heterocycles. The number of carbonyl (C=O) groups excluding carboxylic acids is 1. The molecule has 1 aliphatic rings. The first-order valence-electron chi connectivity index (χ1n) is 6.90. The zero-order valence-electron chi connectivity index (χ0n) is 11.4. The van der Waals surface area contributed by atoms with Gasteiger partial charge < -0.3 is 5.32 Å². The second-order valence-electron chi connectivity index (χ2n) is 5.45. The van der Waals surface area contributed by atoms with Crippen LogP contribution in [0, 0.1) is 5.82 Å². The average molecular weight is 304 g/mol. The van der Waals surface area contributed by atoms with E-state index in [1.54, 1.807) is 0 Å². The molecule has 0 spiro atoms. The molecule has 1 aliphatic carbocycles. The maximum Gasteiger partial charge on any atom is 0.254 e. The Morgan fingerprint density at radius 1 is 1.19 bits per heavy atom. The van der Waals surface area contributed by atoms with Crippen molar-refractivity contribution in [1.82, 2.24) is 5.32 Å². The molecule has 1 saturated carbocycles. The highest BCUT2D eigenvalue weighted by atomic mass is 35.5. The topological polar surface area (TPSA) is 29.1 Å². The van der Waals surface area contributed by atoms with Crippen molar-refractivity contribution in [2.45, 2.75) is 18.3 Å². The van der Waals surface area contributed by atoms with E-state index in [1.807, 2.05) is 18.2 Å². The van der Waals surface area contributed by atoms with Crippen molar-refractivity contribution in [3.8, 4) is 0 Å². The van der Waals surface area contributed by atoms with Gasteiger partial charge in [0, 0.05) is 17.0 Å². The molecule has 2 aromatic rings. The third-order valence-electron chi connectivity index (χ3n) is 4.00. The Balaban J connectivity index is 1.69. The molecule has 0 radical (unpaired) electrons. The highest BCUT2D eigenvalue weighted by Gasteiger charge is 2.44. The van der Waals surface area contributed by atoms with Crippen LogP contribution in [0.4, 0.5) is 4.39 Å². The first kappa shape index (κ1) is 14.1. The monoisotopic (exact) mass is 303 g/mol. The zero-order chi connectivity index (χ0) is 14.9. The van der Waals surface area contributed by atoms with Gasteiger partial charge in [-0.25, -0.2) is 4.39 Å². The highest BCUT2D eigenvalue weighted by molar-refractivity contribution is 6.30. The number of rotatable bonds is 4. The van der Waals surface area contributed by atoms with E-state index in [1.165, 1.54) is 17.7 Å². The van der Waals surface area contributed by atoms with Gasteiger partial charge in [-0.15, -0.1) is 0 Å². The van der Waals surface area contributed by atoms with Crippen LogP contribution in [-0.2, 0) is 5.41 Å². The minimum absolute atomic E-state index is 0.0137. The van der Waals surface area contributed by atoms with Crippen LogP contribution < -0.4 is 5.32 Å². The maximum atomic E-state index is 13.7. The Kier molecular flexibility index (Phi) is 3.68. The van der Waals surface area contributed by atoms with E-state index in [-0.39, 0.29) is 16.0 Å². The number of amides is 1. The Bertz CT molecular complexity index is 668. The van der Waals surface area contributed by atoms with Gasteiger partial charge in [-0.1, -0.05) is 41.9 Å². The van der Waals surface area contributed by atoms with Crippen LogP contribution in [-0.4, -0.2) is 12.5 Å². The fourth-order valence-corrected chi connectivity index (χ4v) is 2.69. The van der Waals surface area contributed by atoms with Gasteiger partial charge in [-0.3, -0.25) is 4.79 Å². The van der Waals surface area contributed by atoms with Crippen LogP contribution in [0.25, 0.3) is 0 Å². The lowest BCUT2D eigenvalue weighted by molar-refractivity contribution is 0.0945. The molecule has 0 bridgehead atoms. The van der Waals surface area contributed by atoms with Gasteiger partial charge in [0.25, 0.3) is 5.91 Å². The van der Waals surface area contributed by atoms with Crippen molar-refractivity contribution < 1.29 is 9.18 Å². The van der Waals surface area contributed by atoms with Gasteiger partial charge >= 0.3 is 0 Å². The van der Waals surface area contributed by atoms with Gasteiger partial charge in [0.05, 0.1) is 5.56 Å². The number of benzene rings is 2. The third kappa shape index (κ3) is 2.93. The first-order valence-corrected chi connectivity index (χ1v) is 7.27. The summed E-state index contributed by atoms with van der Waals surface area (Å²) in [5.74, 6) is -0.990. The summed E-state index contributed by atoms with van der Waals surface area (Å²) in [5.41, 5.74) is 1.27. The van der Waals surface area contributed by atoms with E-state index < -0.39 is 11.7 Å². The van der Waals surface area contributed by atoms with Gasteiger partial charge in [-0.2, -0.15) is 0 Å². The van der Waals surface area contributed by atoms with Crippen molar-refractivity contribution in [3.63, 3.8) is 0 Å². The molecule has 1 fully saturated rings. The number of nitrogens with one attached hydrogen (secondary N) is 1. The number of hydrogen-bond donors (Lipinski definition) is 1. The third-order valence-corrected chi connectivity index (χ3v) is 4.24. The standard InChI is InChI=1S/C17H15ClFNO/c18-13-6-7-14(15(19)10-13)16(21)20-11-17(8-9-17)12-4-2-1-3-5-12/h1-7,10H,8-9,11H2,(H,20,21). The Labute approximate surface area is 127 Å². The predicted molar refractivity (Wildman–Crippen MR) is 81.1 cm³/mol. The van der Waals surface area contributed by atoms with Crippen LogP contribution in [0.1, 0.15) is 28.8 Å². The maximum absolute atomic E-state index is 13.7. The average Bonchev–Trinajstić information content (AvgIpc) is 3.27. The van der Waals surface area contributed by atoms with Gasteiger partial charge in [0.15, 0.2) is 0 Å². The molecular formula is C17H15ClFNO. The minimum Gasteiger partial charge on any atom is -0.351 e. The predicted octanol–water partition coefficient (Wildman–Crippen LogP) is 3.94. The molecule has 1 amide bonds. The summed E-state index contributed by atoms with van der Waals surface area (Å²) in [7, 11) is 0. The highest BCUT2D eigenvalue weighted by Crippen LogP contribution is 2.47. The second-order valence-corrected chi connectivity index (χ2v) is 5.89. The number of carbonyl (C=O) groups is 1. The van der Waals surface area contributed by atoms with E-state index in [2.05, 4.69) is 17.4 Å². The van der Waals surface area contributed by atoms with Crippen molar-refractivity contribution in [2.24, 2.45) is 0 Å². The smallest absolute Gasteiger partial charge is 0.254 e. The van der Waals surface area contributed by atoms with Gasteiger partial charge in [0.1, 0.15) is 5.82 Å². The SMILES string of the molecule is O=C(NCC1(c2ccccc2)CC1)c1ccc(Cl)cc1F. The summed E-state index contributed by atoms with van der Waals surface area (Å²) in [6.07, 6.45) is 2.08. The summed E-state index contributed by atoms with van der Waals surface area (Å²) in [4.78, 5) is 12.1. The summed E-state index contributed by atoms with van der Waals surface area (Å²) in [5, 5.41) is 3.12. The van der Waals surface area contributed by atoms with Crippen molar-refractivity contribution >= 4 is 17.5 Å². The largest absolute Gasteiger partial charge is 0.351 e. The summed E-state index contributed by atoms with van der Waals surface area (Å²) in [6, 6.07) is 14.2. The lowest BCUT2D eigenvalue weighted by atomic mass is 9.96. The fraction of sp³-hybridized carbons (Fsp3) is 0.235. The van der Waals surface area contributed by atoms with Crippen molar-refractivity contribution in [3.05, 3.63) is 70.5 Å². The number of halogens is 2. The molecule has 0 heterocycles. The summed E-state index contributed by atoms with van der Waals surface area (Å²) >= 11 is 5.69. The molecule has 1 N–H and O–H groups in total. The van der Waals surface area contributed by atoms with Crippen LogP contribution in [0.15, 0.2) is 48.5 Å². The second kappa shape index (κ2) is 5.49. The minimum atomic E-state index is -0.593. The molecule has 2 nitrogen and oxygen atoms in total. The van der Waals surface area contributed by atoms with E-state index in [9.17, 15) is 9.18 Å². The van der Waals surface area contributed by atoms with Gasteiger partial charge in [0.2, 0.25) is 0 Å². The van der Waals surface area contributed by atoms with Crippen LogP contribution in [0.3, 0.4) is 0 Å². The molecule has 0 aromatic heterocycles. The zero-order valence-corrected chi connectivity index (χ0v) is 12.2. The van der Waals surface area contributed by atoms with Crippen LogP contribution in [0.5, 0.6) is 0 Å². The Hall–Kier alpha value is -1.87. The molecule has 0 unspecified atom stereocenters. The molecule has 2 aromatic carbocycles. The summed E-state index contributed by atoms with van der Waals surface area (Å²) < 4.78 is 13.7. The molecule has 3 rings (SSSR count). The van der Waals surface area contributed by atoms with E-state index in [0.717, 1.165) is 18.9 Å². The molecule has 108 valence electrons. The lowest BCUT2D eigenvalue weighted by Gasteiger charge is -2.16. The molecule has 21 heavy (non-hydrogen) atoms. The van der Waals surface area contributed by atoms with Crippen LogP contribution in [0.2, 0.25) is 5.02 Å². The quantitative estimate of drug-likeness (QED) is 0.910. The molecule has 0 atom stereocenters. The van der Waals surface area contributed by atoms with E-state index in [0.29, 0.717) is 6.54 Å². The molecular weight excluding hydrogens is 289 g/mol. The van der Waals surface area contributed by atoms with Crippen molar-refractivity contribution in [1.29, 1.82) is 0 Å². The first-order chi connectivity index (χ1) is 10.1. The van der Waals surface area contributed by atoms with Gasteiger partial charge in [-0.05, 0) is 36.6 Å². The molecule has 4 heteroatoms. The number of hydrogen-bond acceptors (Lipinski definition) is 1. The van der Waals surface area contributed by atoms with Crippen molar-refractivity contribution in [2.75, 3.05) is 6.54 Å². The van der Waals surface area contributed by atoms with E-state index >= 15 is 0 Å². The lowest BCUT2D eigenvalue weighted by Crippen LogP contribution is -2.32. The van der Waals surface area contributed by atoms with Crippen LogP contribution >= 0.6 is 11.6 Å². The Morgan fingerprint density at radius 2 is 1.90 bits per heavy atom. The normalized spacial score (nSPS) is 15.5. The molecule has 0 aliphatic heterocycles. The summed E-state index contributed by atoms with van der Waals surface area (Å²) in [6.45, 7) is 0.526.